The average Bonchev–Trinajstić information content (AvgIpc) is 2.67. The van der Waals surface area contributed by atoms with Crippen molar-refractivity contribution in [2.24, 2.45) is 0 Å². The van der Waals surface area contributed by atoms with Crippen LogP contribution >= 0.6 is 11.3 Å². The highest BCUT2D eigenvalue weighted by molar-refractivity contribution is 7.15. The normalized spacial score (nSPS) is 10.4. The Morgan fingerprint density at radius 1 is 1.29 bits per heavy atom. The first-order valence-corrected chi connectivity index (χ1v) is 5.32. The number of rotatable bonds is 2. The molecular formula is C11H10FNS. The summed E-state index contributed by atoms with van der Waals surface area (Å²) in [6.07, 6.45) is 2.61. The van der Waals surface area contributed by atoms with Crippen molar-refractivity contribution in [1.29, 1.82) is 0 Å². The zero-order valence-corrected chi connectivity index (χ0v) is 8.64. The minimum atomic E-state index is -0.430. The predicted octanol–water partition coefficient (Wildman–Crippen LogP) is 3.51. The number of halogens is 1. The van der Waals surface area contributed by atoms with Crippen molar-refractivity contribution in [1.82, 2.24) is 4.98 Å². The lowest BCUT2D eigenvalue weighted by molar-refractivity contribution is 0.584. The Kier molecular flexibility index (Phi) is 2.59. The molecule has 0 fully saturated rings. The van der Waals surface area contributed by atoms with E-state index in [1.54, 1.807) is 23.6 Å². The molecule has 0 aliphatic heterocycles. The summed E-state index contributed by atoms with van der Waals surface area (Å²) in [4.78, 5) is 6.12. The molecule has 2 heterocycles. The first kappa shape index (κ1) is 9.34. The SMILES string of the molecule is CCc1ccc(-c2ccc(F)nc2)s1. The molecule has 0 aromatic carbocycles. The van der Waals surface area contributed by atoms with Crippen molar-refractivity contribution in [2.75, 3.05) is 0 Å². The summed E-state index contributed by atoms with van der Waals surface area (Å²) < 4.78 is 12.6. The van der Waals surface area contributed by atoms with Crippen LogP contribution in [0.5, 0.6) is 0 Å². The molecule has 0 saturated carbocycles. The van der Waals surface area contributed by atoms with E-state index in [0.717, 1.165) is 16.9 Å². The minimum Gasteiger partial charge on any atom is -0.228 e. The molecule has 2 rings (SSSR count). The van der Waals surface area contributed by atoms with Gasteiger partial charge in [0.25, 0.3) is 0 Å². The molecule has 0 aliphatic rings. The summed E-state index contributed by atoms with van der Waals surface area (Å²) >= 11 is 1.73. The lowest BCUT2D eigenvalue weighted by Crippen LogP contribution is -1.80. The van der Waals surface area contributed by atoms with Gasteiger partial charge < -0.3 is 0 Å². The van der Waals surface area contributed by atoms with Crippen LogP contribution in [-0.2, 0) is 6.42 Å². The maximum atomic E-state index is 12.6. The summed E-state index contributed by atoms with van der Waals surface area (Å²) in [5.41, 5.74) is 0.983. The maximum absolute atomic E-state index is 12.6. The van der Waals surface area contributed by atoms with Crippen LogP contribution in [0.4, 0.5) is 4.39 Å². The van der Waals surface area contributed by atoms with Crippen LogP contribution in [0.3, 0.4) is 0 Å². The van der Waals surface area contributed by atoms with E-state index in [9.17, 15) is 4.39 Å². The standard InChI is InChI=1S/C11H10FNS/c1-2-9-4-5-10(14-9)8-3-6-11(12)13-7-8/h3-7H,2H2,1H3. The minimum absolute atomic E-state index is 0.430. The predicted molar refractivity (Wildman–Crippen MR) is 56.9 cm³/mol. The topological polar surface area (TPSA) is 12.9 Å². The fourth-order valence-corrected chi connectivity index (χ4v) is 2.18. The fourth-order valence-electron chi connectivity index (χ4n) is 1.24. The third-order valence-electron chi connectivity index (χ3n) is 2.02. The number of hydrogen-bond acceptors (Lipinski definition) is 2. The summed E-state index contributed by atoms with van der Waals surface area (Å²) in [5, 5.41) is 0. The Bertz CT molecular complexity index is 419. The van der Waals surface area contributed by atoms with Crippen LogP contribution in [-0.4, -0.2) is 4.98 Å². The molecule has 0 unspecified atom stereocenters. The lowest BCUT2D eigenvalue weighted by atomic mass is 10.2. The van der Waals surface area contributed by atoms with Crippen molar-refractivity contribution in [3.05, 3.63) is 41.3 Å². The van der Waals surface area contributed by atoms with Crippen LogP contribution in [0.2, 0.25) is 0 Å². The molecule has 0 radical (unpaired) electrons. The number of nitrogens with zero attached hydrogens (tertiary/aromatic N) is 1. The molecule has 0 bridgehead atoms. The Morgan fingerprint density at radius 3 is 2.71 bits per heavy atom. The average molecular weight is 207 g/mol. The summed E-state index contributed by atoms with van der Waals surface area (Å²) in [6.45, 7) is 2.12. The van der Waals surface area contributed by atoms with E-state index in [0.29, 0.717) is 0 Å². The zero-order valence-electron chi connectivity index (χ0n) is 7.83. The van der Waals surface area contributed by atoms with Gasteiger partial charge in [-0.25, -0.2) is 4.98 Å². The molecule has 72 valence electrons. The van der Waals surface area contributed by atoms with Gasteiger partial charge in [-0.05, 0) is 30.7 Å². The molecular weight excluding hydrogens is 197 g/mol. The van der Waals surface area contributed by atoms with E-state index in [1.165, 1.54) is 10.9 Å². The number of pyridine rings is 1. The second kappa shape index (κ2) is 3.88. The van der Waals surface area contributed by atoms with E-state index in [-0.39, 0.29) is 0 Å². The van der Waals surface area contributed by atoms with E-state index in [2.05, 4.69) is 24.0 Å². The van der Waals surface area contributed by atoms with Gasteiger partial charge in [0.1, 0.15) is 0 Å². The Morgan fingerprint density at radius 2 is 2.14 bits per heavy atom. The molecule has 0 aliphatic carbocycles. The lowest BCUT2D eigenvalue weighted by Gasteiger charge is -1.95. The number of thiophene rings is 1. The van der Waals surface area contributed by atoms with Crippen molar-refractivity contribution in [3.8, 4) is 10.4 Å². The quantitative estimate of drug-likeness (QED) is 0.687. The van der Waals surface area contributed by atoms with Crippen LogP contribution in [0, 0.1) is 5.95 Å². The second-order valence-electron chi connectivity index (χ2n) is 2.99. The van der Waals surface area contributed by atoms with E-state index >= 15 is 0 Å². The molecule has 2 aromatic heterocycles. The van der Waals surface area contributed by atoms with Gasteiger partial charge >= 0.3 is 0 Å². The molecule has 2 aromatic rings. The van der Waals surface area contributed by atoms with Crippen LogP contribution in [0.15, 0.2) is 30.5 Å². The Labute approximate surface area is 86.2 Å². The van der Waals surface area contributed by atoms with E-state index in [4.69, 9.17) is 0 Å². The molecule has 0 atom stereocenters. The third-order valence-corrected chi connectivity index (χ3v) is 3.30. The smallest absolute Gasteiger partial charge is 0.212 e. The van der Waals surface area contributed by atoms with Gasteiger partial charge in [-0.2, -0.15) is 4.39 Å². The molecule has 3 heteroatoms. The highest BCUT2D eigenvalue weighted by atomic mass is 32.1. The zero-order chi connectivity index (χ0) is 9.97. The van der Waals surface area contributed by atoms with Crippen LogP contribution < -0.4 is 0 Å². The van der Waals surface area contributed by atoms with Crippen LogP contribution in [0.25, 0.3) is 10.4 Å². The van der Waals surface area contributed by atoms with Gasteiger partial charge in [0.15, 0.2) is 0 Å². The van der Waals surface area contributed by atoms with Crippen molar-refractivity contribution in [2.45, 2.75) is 13.3 Å². The maximum Gasteiger partial charge on any atom is 0.212 e. The van der Waals surface area contributed by atoms with E-state index < -0.39 is 5.95 Å². The highest BCUT2D eigenvalue weighted by Crippen LogP contribution is 2.27. The van der Waals surface area contributed by atoms with Gasteiger partial charge in [0.2, 0.25) is 5.95 Å². The molecule has 0 spiro atoms. The first-order valence-electron chi connectivity index (χ1n) is 4.50. The molecule has 0 N–H and O–H groups in total. The number of aryl methyl sites for hydroxylation is 1. The number of hydrogen-bond donors (Lipinski definition) is 0. The Balaban J connectivity index is 2.34. The fraction of sp³-hybridized carbons (Fsp3) is 0.182. The molecule has 0 saturated heterocycles. The third kappa shape index (κ3) is 1.82. The van der Waals surface area contributed by atoms with Gasteiger partial charge in [0.05, 0.1) is 0 Å². The first-order chi connectivity index (χ1) is 6.79. The van der Waals surface area contributed by atoms with Gasteiger partial charge in [-0.15, -0.1) is 11.3 Å². The monoisotopic (exact) mass is 207 g/mol. The summed E-state index contributed by atoms with van der Waals surface area (Å²) in [6, 6.07) is 7.30. The van der Waals surface area contributed by atoms with E-state index in [1.807, 2.05) is 0 Å². The van der Waals surface area contributed by atoms with Gasteiger partial charge in [-0.3, -0.25) is 0 Å². The largest absolute Gasteiger partial charge is 0.228 e. The summed E-state index contributed by atoms with van der Waals surface area (Å²) in [7, 11) is 0. The Hall–Kier alpha value is -1.22. The highest BCUT2D eigenvalue weighted by Gasteiger charge is 2.02. The van der Waals surface area contributed by atoms with Gasteiger partial charge in [-0.1, -0.05) is 6.92 Å². The molecule has 1 nitrogen and oxygen atoms in total. The molecule has 0 amide bonds. The van der Waals surface area contributed by atoms with Crippen LogP contribution in [0.1, 0.15) is 11.8 Å². The summed E-state index contributed by atoms with van der Waals surface area (Å²) in [5.74, 6) is -0.430. The van der Waals surface area contributed by atoms with Crippen molar-refractivity contribution >= 4 is 11.3 Å². The molecule has 14 heavy (non-hydrogen) atoms. The second-order valence-corrected chi connectivity index (χ2v) is 4.16. The number of aromatic nitrogens is 1. The van der Waals surface area contributed by atoms with Crippen molar-refractivity contribution < 1.29 is 4.39 Å². The van der Waals surface area contributed by atoms with Gasteiger partial charge in [0, 0.05) is 21.5 Å². The van der Waals surface area contributed by atoms with Crippen molar-refractivity contribution in [3.63, 3.8) is 0 Å².